The van der Waals surface area contributed by atoms with Crippen molar-refractivity contribution < 1.29 is 14.8 Å². The van der Waals surface area contributed by atoms with Crippen molar-refractivity contribution in [1.82, 2.24) is 5.32 Å². The standard InChI is InChI=1S/C21H16N2O4/c24-16-10-9-14-18(16)17(13-7-3-4-8-15(13)23(26)27)19-20(22-14)11-5-1-2-6-12(11)21(19)25/h1-8,17,21-22,25H,9-10H2. The summed E-state index contributed by atoms with van der Waals surface area (Å²) in [4.78, 5) is 23.9. The molecule has 0 bridgehead atoms. The maximum atomic E-state index is 12.7. The van der Waals surface area contributed by atoms with Crippen molar-refractivity contribution in [3.8, 4) is 0 Å². The Hall–Kier alpha value is -3.25. The summed E-state index contributed by atoms with van der Waals surface area (Å²) in [5.74, 6) is -0.634. The Balaban J connectivity index is 1.78. The molecule has 0 fully saturated rings. The molecular weight excluding hydrogens is 344 g/mol. The molecule has 2 aromatic carbocycles. The highest BCUT2D eigenvalue weighted by atomic mass is 16.6. The fourth-order valence-corrected chi connectivity index (χ4v) is 4.53. The van der Waals surface area contributed by atoms with Crippen LogP contribution in [0.15, 0.2) is 65.4 Å². The fraction of sp³-hybridized carbons (Fsp3) is 0.190. The number of hydrogen-bond donors (Lipinski definition) is 2. The first-order chi connectivity index (χ1) is 13.1. The number of rotatable bonds is 2. The first-order valence-electron chi connectivity index (χ1n) is 8.86. The van der Waals surface area contributed by atoms with E-state index >= 15 is 0 Å². The van der Waals surface area contributed by atoms with Crippen molar-refractivity contribution in [2.24, 2.45) is 0 Å². The molecule has 2 aliphatic carbocycles. The van der Waals surface area contributed by atoms with Crippen molar-refractivity contribution in [1.29, 1.82) is 0 Å². The molecule has 1 heterocycles. The van der Waals surface area contributed by atoms with Crippen LogP contribution >= 0.6 is 0 Å². The van der Waals surface area contributed by atoms with Gasteiger partial charge in [-0.15, -0.1) is 0 Å². The van der Waals surface area contributed by atoms with Crippen molar-refractivity contribution in [2.45, 2.75) is 24.9 Å². The summed E-state index contributed by atoms with van der Waals surface area (Å²) in [5, 5.41) is 26.0. The number of nitrogens with zero attached hydrogens (tertiary/aromatic N) is 1. The van der Waals surface area contributed by atoms with E-state index in [4.69, 9.17) is 0 Å². The predicted octanol–water partition coefficient (Wildman–Crippen LogP) is 3.36. The molecule has 3 aliphatic rings. The minimum absolute atomic E-state index is 0.0182. The number of ketones is 1. The molecule has 6 heteroatoms. The van der Waals surface area contributed by atoms with Gasteiger partial charge in [0, 0.05) is 46.5 Å². The SMILES string of the molecule is O=C1CCC2=C1C(c1ccccc1[N+](=O)[O-])C1=C(N2)c2ccccc2C1O. The number of benzene rings is 2. The molecule has 0 saturated heterocycles. The van der Waals surface area contributed by atoms with Gasteiger partial charge in [0.2, 0.25) is 0 Å². The molecule has 0 aromatic heterocycles. The van der Waals surface area contributed by atoms with Gasteiger partial charge in [-0.1, -0.05) is 42.5 Å². The van der Waals surface area contributed by atoms with Crippen LogP contribution in [0, 0.1) is 10.1 Å². The van der Waals surface area contributed by atoms with Gasteiger partial charge < -0.3 is 10.4 Å². The van der Waals surface area contributed by atoms with Crippen LogP contribution in [-0.4, -0.2) is 15.8 Å². The number of carbonyl (C=O) groups excluding carboxylic acids is 1. The quantitative estimate of drug-likeness (QED) is 0.633. The maximum absolute atomic E-state index is 12.7. The second kappa shape index (κ2) is 5.62. The summed E-state index contributed by atoms with van der Waals surface area (Å²) < 4.78 is 0. The number of nitro groups is 1. The number of Topliss-reactive ketones (excluding diaryl/α,β-unsaturated/α-hetero) is 1. The van der Waals surface area contributed by atoms with E-state index in [0.717, 1.165) is 22.5 Å². The van der Waals surface area contributed by atoms with Crippen LogP contribution in [0.4, 0.5) is 5.69 Å². The third-order valence-corrected chi connectivity index (χ3v) is 5.66. The molecule has 5 rings (SSSR count). The first-order valence-corrected chi connectivity index (χ1v) is 8.86. The molecular formula is C21H16N2O4. The number of carbonyl (C=O) groups is 1. The molecule has 0 spiro atoms. The number of aliphatic hydroxyl groups is 1. The Morgan fingerprint density at radius 3 is 2.52 bits per heavy atom. The van der Waals surface area contributed by atoms with E-state index in [0.29, 0.717) is 29.6 Å². The van der Waals surface area contributed by atoms with Gasteiger partial charge in [0.25, 0.3) is 5.69 Å². The van der Waals surface area contributed by atoms with Crippen molar-refractivity contribution in [2.75, 3.05) is 0 Å². The lowest BCUT2D eigenvalue weighted by Gasteiger charge is -2.29. The average Bonchev–Trinajstić information content (AvgIpc) is 3.19. The summed E-state index contributed by atoms with van der Waals surface area (Å²) >= 11 is 0. The second-order valence-corrected chi connectivity index (χ2v) is 7.01. The van der Waals surface area contributed by atoms with Crippen LogP contribution in [0.1, 0.15) is 41.6 Å². The van der Waals surface area contributed by atoms with E-state index in [1.54, 1.807) is 18.2 Å². The molecule has 0 radical (unpaired) electrons. The monoisotopic (exact) mass is 360 g/mol. The molecule has 2 atom stereocenters. The van der Waals surface area contributed by atoms with Crippen LogP contribution in [0.25, 0.3) is 5.70 Å². The Morgan fingerprint density at radius 1 is 1.04 bits per heavy atom. The van der Waals surface area contributed by atoms with Gasteiger partial charge in [-0.3, -0.25) is 14.9 Å². The average molecular weight is 360 g/mol. The van der Waals surface area contributed by atoms with Gasteiger partial charge in [-0.2, -0.15) is 0 Å². The van der Waals surface area contributed by atoms with Crippen LogP contribution in [-0.2, 0) is 4.79 Å². The minimum Gasteiger partial charge on any atom is -0.384 e. The zero-order chi connectivity index (χ0) is 18.7. The molecule has 2 N–H and O–H groups in total. The molecule has 134 valence electrons. The molecule has 0 saturated carbocycles. The van der Waals surface area contributed by atoms with Crippen LogP contribution < -0.4 is 5.32 Å². The lowest BCUT2D eigenvalue weighted by atomic mass is 9.78. The predicted molar refractivity (Wildman–Crippen MR) is 98.6 cm³/mol. The highest BCUT2D eigenvalue weighted by Gasteiger charge is 2.46. The fourth-order valence-electron chi connectivity index (χ4n) is 4.53. The number of fused-ring (bicyclic) bond motifs is 2. The largest absolute Gasteiger partial charge is 0.384 e. The van der Waals surface area contributed by atoms with Gasteiger partial charge in [-0.05, 0) is 17.6 Å². The van der Waals surface area contributed by atoms with E-state index in [2.05, 4.69) is 5.32 Å². The molecule has 0 amide bonds. The summed E-state index contributed by atoms with van der Waals surface area (Å²) in [5.41, 5.74) is 4.81. The molecule has 2 unspecified atom stereocenters. The zero-order valence-corrected chi connectivity index (χ0v) is 14.3. The van der Waals surface area contributed by atoms with Gasteiger partial charge in [-0.25, -0.2) is 0 Å². The third-order valence-electron chi connectivity index (χ3n) is 5.66. The number of para-hydroxylation sites is 1. The second-order valence-electron chi connectivity index (χ2n) is 7.01. The van der Waals surface area contributed by atoms with E-state index in [1.807, 2.05) is 24.3 Å². The van der Waals surface area contributed by atoms with Crippen LogP contribution in [0.3, 0.4) is 0 Å². The number of allylic oxidation sites excluding steroid dienone is 2. The van der Waals surface area contributed by atoms with Gasteiger partial charge in [0.1, 0.15) is 6.10 Å². The molecule has 1 aliphatic heterocycles. The number of nitrogens with one attached hydrogen (secondary N) is 1. The number of aliphatic hydroxyl groups excluding tert-OH is 1. The molecule has 2 aromatic rings. The van der Waals surface area contributed by atoms with E-state index in [-0.39, 0.29) is 11.5 Å². The topological polar surface area (TPSA) is 92.5 Å². The Morgan fingerprint density at radius 2 is 1.74 bits per heavy atom. The Kier molecular flexibility index (Phi) is 3.32. The van der Waals surface area contributed by atoms with E-state index in [9.17, 15) is 20.0 Å². The maximum Gasteiger partial charge on any atom is 0.273 e. The minimum atomic E-state index is -0.907. The van der Waals surface area contributed by atoms with E-state index < -0.39 is 16.9 Å². The van der Waals surface area contributed by atoms with Crippen LogP contribution in [0.5, 0.6) is 0 Å². The highest BCUT2D eigenvalue weighted by Crippen LogP contribution is 2.54. The summed E-state index contributed by atoms with van der Waals surface area (Å²) in [6, 6.07) is 14.0. The lowest BCUT2D eigenvalue weighted by Crippen LogP contribution is -2.25. The number of dihydropyridines is 1. The summed E-state index contributed by atoms with van der Waals surface area (Å²) in [6.07, 6.45) is 0.0592. The molecule has 27 heavy (non-hydrogen) atoms. The Labute approximate surface area is 155 Å². The normalized spacial score (nSPS) is 23.1. The zero-order valence-electron chi connectivity index (χ0n) is 14.3. The van der Waals surface area contributed by atoms with E-state index in [1.165, 1.54) is 6.07 Å². The van der Waals surface area contributed by atoms with Gasteiger partial charge in [0.15, 0.2) is 5.78 Å². The number of hydrogen-bond acceptors (Lipinski definition) is 5. The van der Waals surface area contributed by atoms with Crippen molar-refractivity contribution in [3.63, 3.8) is 0 Å². The van der Waals surface area contributed by atoms with Crippen molar-refractivity contribution >= 4 is 17.2 Å². The lowest BCUT2D eigenvalue weighted by molar-refractivity contribution is -0.385. The van der Waals surface area contributed by atoms with Gasteiger partial charge >= 0.3 is 0 Å². The number of nitro benzene ring substituents is 1. The van der Waals surface area contributed by atoms with Crippen LogP contribution in [0.2, 0.25) is 0 Å². The first kappa shape index (κ1) is 16.0. The summed E-state index contributed by atoms with van der Waals surface area (Å²) in [6.45, 7) is 0. The van der Waals surface area contributed by atoms with Gasteiger partial charge in [0.05, 0.1) is 4.92 Å². The summed E-state index contributed by atoms with van der Waals surface area (Å²) in [7, 11) is 0. The smallest absolute Gasteiger partial charge is 0.273 e. The highest BCUT2D eigenvalue weighted by molar-refractivity contribution is 6.03. The third kappa shape index (κ3) is 2.13. The van der Waals surface area contributed by atoms with Crippen molar-refractivity contribution in [3.05, 3.63) is 92.2 Å². The molecule has 6 nitrogen and oxygen atoms in total. The Bertz CT molecular complexity index is 1080.